The van der Waals surface area contributed by atoms with Gasteiger partial charge in [-0.05, 0) is 57.0 Å². The number of anilines is 1. The molecule has 0 radical (unpaired) electrons. The van der Waals surface area contributed by atoms with E-state index in [1.807, 2.05) is 72.7 Å². The third kappa shape index (κ3) is 5.20. The van der Waals surface area contributed by atoms with Crippen molar-refractivity contribution in [2.24, 2.45) is 0 Å². The zero-order chi connectivity index (χ0) is 26.8. The lowest BCUT2D eigenvalue weighted by molar-refractivity contribution is 0.301. The summed E-state index contributed by atoms with van der Waals surface area (Å²) in [7, 11) is 1.68. The Hall–Kier alpha value is -4.66. The monoisotopic (exact) mass is 521 g/mol. The largest absolute Gasteiger partial charge is 0.497 e. The molecule has 0 spiro atoms. The van der Waals surface area contributed by atoms with E-state index in [1.54, 1.807) is 7.11 Å². The van der Waals surface area contributed by atoms with E-state index in [0.717, 1.165) is 75.3 Å². The van der Waals surface area contributed by atoms with Gasteiger partial charge in [0.1, 0.15) is 23.8 Å². The van der Waals surface area contributed by atoms with Gasteiger partial charge in [0.2, 0.25) is 0 Å². The summed E-state index contributed by atoms with van der Waals surface area (Å²) in [5.41, 5.74) is 5.80. The second-order valence-corrected chi connectivity index (χ2v) is 9.85. The fourth-order valence-corrected chi connectivity index (χ4v) is 5.00. The molecule has 1 atom stereocenters. The Balaban J connectivity index is 1.02. The standard InChI is InChI=1S/C30H31N7O2/c1-19(33-28-16-24(38-3)14-21-7-4-11-32-30(21)28)6-5-13-37-17-22(35-36-37)18-39-23-8-9-25-26-10-12-31-20(2)29(26)34-27(25)15-23/h4,7-12,14-17,19,33-34H,5-6,13,18H2,1-3H3. The maximum Gasteiger partial charge on any atom is 0.134 e. The molecule has 198 valence electrons. The van der Waals surface area contributed by atoms with Crippen LogP contribution in [0.5, 0.6) is 11.5 Å². The number of ether oxygens (including phenoxy) is 2. The van der Waals surface area contributed by atoms with Crippen LogP contribution in [0.4, 0.5) is 5.69 Å². The third-order valence-corrected chi connectivity index (χ3v) is 6.99. The Morgan fingerprint density at radius 2 is 1.95 bits per heavy atom. The number of hydrogen-bond acceptors (Lipinski definition) is 7. The minimum atomic E-state index is 0.257. The van der Waals surface area contributed by atoms with Crippen molar-refractivity contribution >= 4 is 38.4 Å². The van der Waals surface area contributed by atoms with Crippen LogP contribution in [0.15, 0.2) is 67.1 Å². The first-order chi connectivity index (χ1) is 19.1. The molecule has 2 N–H and O–H groups in total. The molecule has 9 heteroatoms. The molecule has 0 aliphatic rings. The predicted molar refractivity (Wildman–Crippen MR) is 153 cm³/mol. The molecule has 0 aliphatic carbocycles. The highest BCUT2D eigenvalue weighted by atomic mass is 16.5. The van der Waals surface area contributed by atoms with Crippen molar-refractivity contribution in [3.05, 3.63) is 78.5 Å². The second-order valence-electron chi connectivity index (χ2n) is 9.85. The molecule has 4 heterocycles. The zero-order valence-electron chi connectivity index (χ0n) is 22.3. The van der Waals surface area contributed by atoms with Crippen LogP contribution in [-0.4, -0.2) is 43.1 Å². The van der Waals surface area contributed by atoms with Crippen LogP contribution in [0.3, 0.4) is 0 Å². The molecule has 0 saturated heterocycles. The van der Waals surface area contributed by atoms with E-state index < -0.39 is 0 Å². The number of methoxy groups -OCH3 is 1. The van der Waals surface area contributed by atoms with E-state index >= 15 is 0 Å². The molecular weight excluding hydrogens is 490 g/mol. The molecule has 0 amide bonds. The van der Waals surface area contributed by atoms with Gasteiger partial charge in [-0.2, -0.15) is 0 Å². The Morgan fingerprint density at radius 3 is 2.85 bits per heavy atom. The van der Waals surface area contributed by atoms with Gasteiger partial charge < -0.3 is 19.8 Å². The van der Waals surface area contributed by atoms with E-state index in [1.165, 1.54) is 5.39 Å². The fourth-order valence-electron chi connectivity index (χ4n) is 5.00. The summed E-state index contributed by atoms with van der Waals surface area (Å²) >= 11 is 0. The van der Waals surface area contributed by atoms with Crippen LogP contribution >= 0.6 is 0 Å². The van der Waals surface area contributed by atoms with Crippen LogP contribution in [0.1, 0.15) is 31.2 Å². The van der Waals surface area contributed by atoms with Crippen molar-refractivity contribution in [1.29, 1.82) is 0 Å². The number of nitrogens with zero attached hydrogens (tertiary/aromatic N) is 5. The van der Waals surface area contributed by atoms with Crippen LogP contribution < -0.4 is 14.8 Å². The summed E-state index contributed by atoms with van der Waals surface area (Å²) in [4.78, 5) is 12.4. The van der Waals surface area contributed by atoms with E-state index in [2.05, 4.69) is 43.6 Å². The van der Waals surface area contributed by atoms with Crippen molar-refractivity contribution < 1.29 is 9.47 Å². The number of aromatic nitrogens is 6. The summed E-state index contributed by atoms with van der Waals surface area (Å²) in [5, 5.41) is 15.6. The number of H-pyrrole nitrogens is 1. The number of rotatable bonds is 10. The normalized spacial score (nSPS) is 12.3. The minimum absolute atomic E-state index is 0.257. The van der Waals surface area contributed by atoms with Gasteiger partial charge in [-0.3, -0.25) is 14.6 Å². The lowest BCUT2D eigenvalue weighted by Crippen LogP contribution is -2.16. The van der Waals surface area contributed by atoms with Gasteiger partial charge in [-0.15, -0.1) is 5.10 Å². The molecule has 0 bridgehead atoms. The van der Waals surface area contributed by atoms with Crippen LogP contribution in [0, 0.1) is 6.92 Å². The molecule has 9 nitrogen and oxygen atoms in total. The van der Waals surface area contributed by atoms with Gasteiger partial charge in [0, 0.05) is 53.3 Å². The smallest absolute Gasteiger partial charge is 0.134 e. The number of benzene rings is 2. The van der Waals surface area contributed by atoms with E-state index in [0.29, 0.717) is 6.61 Å². The molecule has 39 heavy (non-hydrogen) atoms. The van der Waals surface area contributed by atoms with Gasteiger partial charge in [0.15, 0.2) is 0 Å². The van der Waals surface area contributed by atoms with Crippen molar-refractivity contribution in [3.63, 3.8) is 0 Å². The number of nitrogens with one attached hydrogen (secondary N) is 2. The van der Waals surface area contributed by atoms with E-state index in [-0.39, 0.29) is 6.04 Å². The SMILES string of the molecule is COc1cc(NC(C)CCCn2cc(COc3ccc4c(c3)[nH]c3c(C)nccc34)nn2)c2ncccc2c1. The molecule has 0 aliphatic heterocycles. The molecule has 0 saturated carbocycles. The summed E-state index contributed by atoms with van der Waals surface area (Å²) in [5.74, 6) is 1.60. The first kappa shape index (κ1) is 24.7. The van der Waals surface area contributed by atoms with E-state index in [4.69, 9.17) is 9.47 Å². The highest BCUT2D eigenvalue weighted by Crippen LogP contribution is 2.30. The van der Waals surface area contributed by atoms with Crippen molar-refractivity contribution in [2.45, 2.75) is 45.9 Å². The zero-order valence-corrected chi connectivity index (χ0v) is 22.3. The first-order valence-electron chi connectivity index (χ1n) is 13.2. The molecule has 4 aromatic heterocycles. The van der Waals surface area contributed by atoms with Gasteiger partial charge >= 0.3 is 0 Å². The van der Waals surface area contributed by atoms with Gasteiger partial charge in [-0.1, -0.05) is 11.3 Å². The number of fused-ring (bicyclic) bond motifs is 4. The minimum Gasteiger partial charge on any atom is -0.497 e. The number of hydrogen-bond donors (Lipinski definition) is 2. The Labute approximate surface area is 226 Å². The second kappa shape index (κ2) is 10.6. The maximum atomic E-state index is 6.03. The summed E-state index contributed by atoms with van der Waals surface area (Å²) < 4.78 is 13.4. The first-order valence-corrected chi connectivity index (χ1v) is 13.2. The lowest BCUT2D eigenvalue weighted by Gasteiger charge is -2.17. The molecule has 2 aromatic carbocycles. The quantitative estimate of drug-likeness (QED) is 0.227. The highest BCUT2D eigenvalue weighted by molar-refractivity contribution is 6.08. The van der Waals surface area contributed by atoms with Gasteiger partial charge in [0.25, 0.3) is 0 Å². The summed E-state index contributed by atoms with van der Waals surface area (Å²) in [6, 6.07) is 16.4. The predicted octanol–water partition coefficient (Wildman–Crippen LogP) is 6.03. The fraction of sp³-hybridized carbons (Fsp3) is 0.267. The number of pyridine rings is 2. The number of aromatic amines is 1. The van der Waals surface area contributed by atoms with E-state index in [9.17, 15) is 0 Å². The molecule has 0 fully saturated rings. The molecule has 6 rings (SSSR count). The van der Waals surface area contributed by atoms with Crippen LogP contribution in [0.2, 0.25) is 0 Å². The summed E-state index contributed by atoms with van der Waals surface area (Å²) in [6.45, 7) is 5.33. The average Bonchev–Trinajstić information content (AvgIpc) is 3.56. The number of aryl methyl sites for hydroxylation is 2. The Morgan fingerprint density at radius 1 is 1.03 bits per heavy atom. The van der Waals surface area contributed by atoms with Crippen molar-refractivity contribution in [3.8, 4) is 11.5 Å². The summed E-state index contributed by atoms with van der Waals surface area (Å²) in [6.07, 6.45) is 7.54. The Kier molecular flexibility index (Phi) is 6.71. The van der Waals surface area contributed by atoms with Crippen LogP contribution in [-0.2, 0) is 13.2 Å². The third-order valence-electron chi connectivity index (χ3n) is 6.99. The average molecular weight is 522 g/mol. The molecule has 6 aromatic rings. The Bertz CT molecular complexity index is 1760. The van der Waals surface area contributed by atoms with Crippen molar-refractivity contribution in [1.82, 2.24) is 29.9 Å². The molecular formula is C30H31N7O2. The van der Waals surface area contributed by atoms with Crippen LogP contribution in [0.25, 0.3) is 32.7 Å². The van der Waals surface area contributed by atoms with Gasteiger partial charge in [0.05, 0.1) is 41.2 Å². The maximum absolute atomic E-state index is 6.03. The van der Waals surface area contributed by atoms with Gasteiger partial charge in [-0.25, -0.2) is 0 Å². The topological polar surface area (TPSA) is 103 Å². The molecule has 1 unspecified atom stereocenters. The highest BCUT2D eigenvalue weighted by Gasteiger charge is 2.11. The van der Waals surface area contributed by atoms with Crippen molar-refractivity contribution in [2.75, 3.05) is 12.4 Å². The lowest BCUT2D eigenvalue weighted by atomic mass is 10.1.